The van der Waals surface area contributed by atoms with Crippen molar-refractivity contribution in [3.8, 4) is 17.2 Å². The highest BCUT2D eigenvalue weighted by molar-refractivity contribution is 5.91. The lowest BCUT2D eigenvalue weighted by molar-refractivity contribution is -0.297. The third kappa shape index (κ3) is 6.61. The molecular formula is C45H66O14. The van der Waals surface area contributed by atoms with Crippen molar-refractivity contribution >= 4 is 11.9 Å². The van der Waals surface area contributed by atoms with Crippen LogP contribution in [0, 0.1) is 50.2 Å². The third-order valence-electron chi connectivity index (χ3n) is 17.1. The highest BCUT2D eigenvalue weighted by Crippen LogP contribution is 2.76. The van der Waals surface area contributed by atoms with Gasteiger partial charge in [-0.1, -0.05) is 53.2 Å². The molecule has 0 radical (unpaired) electrons. The van der Waals surface area contributed by atoms with E-state index >= 15 is 0 Å². The molecule has 0 aromatic heterocycles. The monoisotopic (exact) mass is 830 g/mol. The molecule has 0 unspecified atom stereocenters. The Bertz CT molecular complexity index is 1830. The molecule has 5 aliphatic carbocycles. The highest BCUT2D eigenvalue weighted by atomic mass is 16.7. The van der Waals surface area contributed by atoms with E-state index in [9.17, 15) is 45.3 Å². The summed E-state index contributed by atoms with van der Waals surface area (Å²) < 4.78 is 28.1. The van der Waals surface area contributed by atoms with Gasteiger partial charge in [0.05, 0.1) is 50.6 Å². The summed E-state index contributed by atoms with van der Waals surface area (Å²) in [6, 6.07) is 2.68. The van der Waals surface area contributed by atoms with Crippen molar-refractivity contribution in [1.29, 1.82) is 0 Å². The molecule has 7 N–H and O–H groups in total. The molecule has 1 aromatic carbocycles. The Morgan fingerprint density at radius 3 is 2.20 bits per heavy atom. The fourth-order valence-corrected chi connectivity index (χ4v) is 13.5. The number of benzene rings is 1. The van der Waals surface area contributed by atoms with Crippen LogP contribution in [0.3, 0.4) is 0 Å². The van der Waals surface area contributed by atoms with Crippen LogP contribution in [-0.2, 0) is 19.0 Å². The van der Waals surface area contributed by atoms with Crippen molar-refractivity contribution in [3.63, 3.8) is 0 Å². The number of phenolic OH excluding ortho intramolecular Hbond substituents is 1. The number of allylic oxidation sites excluding steroid dienone is 2. The predicted octanol–water partition coefficient (Wildman–Crippen LogP) is 4.02. The summed E-state index contributed by atoms with van der Waals surface area (Å²) in [7, 11) is 2.78. The van der Waals surface area contributed by atoms with Gasteiger partial charge in [0.1, 0.15) is 24.4 Å². The zero-order valence-electron chi connectivity index (χ0n) is 35.8. The van der Waals surface area contributed by atoms with Crippen molar-refractivity contribution in [1.82, 2.24) is 0 Å². The van der Waals surface area contributed by atoms with Gasteiger partial charge in [0.2, 0.25) is 12.0 Å². The fraction of sp³-hybridized carbons (Fsp3) is 0.778. The summed E-state index contributed by atoms with van der Waals surface area (Å²) in [4.78, 5) is 28.1. The summed E-state index contributed by atoms with van der Waals surface area (Å²) in [5.74, 6) is -1.46. The molecule has 0 bridgehead atoms. The smallest absolute Gasteiger partial charge is 0.338 e. The standard InChI is InChI=1S/C45H66O14/c1-40(2)13-15-45(39(54)59-38-34(51)33(50)32(49)29(21-46)58-38)16-14-43(5)24(25(45)19-40)9-10-31-41(3)20-27(48)36(52)42(4,30(41)11-12-44(31,43)6)22-57-37(53)23-17-26(47)35(56-8)28(18-23)55-7/h9,17-18,25,27,29-34,36,38,46-52H,10-16,19-22H2,1-8H3/t25-,27+,29+,30+,31+,32+,33-,34+,36-,38-,41-,42-,43+,44+,45-/m0/s1. The lowest BCUT2D eigenvalue weighted by atomic mass is 9.33. The number of aliphatic hydroxyl groups excluding tert-OH is 6. The number of fused-ring (bicyclic) bond motifs is 7. The zero-order chi connectivity index (χ0) is 43.2. The second-order valence-electron chi connectivity index (χ2n) is 20.5. The third-order valence-corrected chi connectivity index (χ3v) is 17.1. The molecule has 0 spiro atoms. The lowest BCUT2D eigenvalue weighted by Crippen LogP contribution is -2.68. The number of ether oxygens (including phenoxy) is 5. The number of hydrogen-bond donors (Lipinski definition) is 7. The van der Waals surface area contributed by atoms with Gasteiger partial charge in [0, 0.05) is 5.41 Å². The topological polar surface area (TPSA) is 222 Å². The van der Waals surface area contributed by atoms with E-state index in [2.05, 4.69) is 40.7 Å². The first-order valence-electron chi connectivity index (χ1n) is 21.3. The Kier molecular flexibility index (Phi) is 11.3. The number of carbonyl (C=O) groups excluding carboxylic acids is 2. The van der Waals surface area contributed by atoms with Gasteiger partial charge >= 0.3 is 11.9 Å². The van der Waals surface area contributed by atoms with E-state index in [0.29, 0.717) is 38.5 Å². The number of hydrogen-bond acceptors (Lipinski definition) is 14. The lowest BCUT2D eigenvalue weighted by Gasteiger charge is -2.71. The highest BCUT2D eigenvalue weighted by Gasteiger charge is 2.71. The van der Waals surface area contributed by atoms with Crippen LogP contribution in [0.1, 0.15) is 110 Å². The molecule has 59 heavy (non-hydrogen) atoms. The number of phenols is 1. The summed E-state index contributed by atoms with van der Waals surface area (Å²) in [5, 5.41) is 75.3. The first kappa shape index (κ1) is 44.1. The summed E-state index contributed by atoms with van der Waals surface area (Å²) >= 11 is 0. The predicted molar refractivity (Wildman–Crippen MR) is 212 cm³/mol. The number of aliphatic hydroxyl groups is 6. The summed E-state index contributed by atoms with van der Waals surface area (Å²) in [6.07, 6.45) is -1.69. The van der Waals surface area contributed by atoms with Crippen molar-refractivity contribution in [2.24, 2.45) is 50.2 Å². The van der Waals surface area contributed by atoms with E-state index in [-0.39, 0.29) is 63.4 Å². The Morgan fingerprint density at radius 1 is 0.847 bits per heavy atom. The van der Waals surface area contributed by atoms with Crippen molar-refractivity contribution in [2.45, 2.75) is 142 Å². The van der Waals surface area contributed by atoms with Crippen LogP contribution in [0.25, 0.3) is 0 Å². The molecule has 1 aliphatic heterocycles. The molecule has 5 fully saturated rings. The SMILES string of the molecule is COc1cc(C(=O)OC[C@@]2(C)[C@@H]3CC[C@]4(C)[C@H](CC=C5[C@@H]6CC(C)(C)CC[C@]6(C(=O)O[C@@H]6O[C@H](CO)[C@@H](O)[C@H](O)[C@H]6O)CC[C@]54C)[C@@]3(C)C[C@@H](O)[C@@H]2O)cc(O)c1OC. The van der Waals surface area contributed by atoms with Crippen LogP contribution >= 0.6 is 0 Å². The van der Waals surface area contributed by atoms with Crippen LogP contribution in [0.4, 0.5) is 0 Å². The van der Waals surface area contributed by atoms with Gasteiger partial charge in [-0.15, -0.1) is 0 Å². The molecule has 14 heteroatoms. The van der Waals surface area contributed by atoms with Gasteiger partial charge in [-0.2, -0.15) is 0 Å². The van der Waals surface area contributed by atoms with E-state index in [4.69, 9.17) is 23.7 Å². The van der Waals surface area contributed by atoms with E-state index < -0.39 is 77.7 Å². The summed E-state index contributed by atoms with van der Waals surface area (Å²) in [6.45, 7) is 12.5. The van der Waals surface area contributed by atoms with E-state index in [1.54, 1.807) is 0 Å². The van der Waals surface area contributed by atoms with Crippen LogP contribution in [0.2, 0.25) is 0 Å². The van der Waals surface area contributed by atoms with Gasteiger partial charge in [-0.3, -0.25) is 4.79 Å². The van der Waals surface area contributed by atoms with Crippen LogP contribution in [0.15, 0.2) is 23.8 Å². The fourth-order valence-electron chi connectivity index (χ4n) is 13.5. The van der Waals surface area contributed by atoms with Gasteiger partial charge in [-0.25, -0.2) is 4.79 Å². The minimum atomic E-state index is -1.69. The molecule has 6 aliphatic rings. The molecule has 14 nitrogen and oxygen atoms in total. The van der Waals surface area contributed by atoms with Crippen LogP contribution in [-0.4, -0.2) is 118 Å². The van der Waals surface area contributed by atoms with Crippen LogP contribution < -0.4 is 9.47 Å². The second-order valence-corrected chi connectivity index (χ2v) is 20.5. The molecule has 1 saturated heterocycles. The minimum absolute atomic E-state index is 0.0581. The molecule has 1 heterocycles. The van der Waals surface area contributed by atoms with Gasteiger partial charge in [0.15, 0.2) is 11.5 Å². The Balaban J connectivity index is 1.18. The second kappa shape index (κ2) is 15.1. The number of aromatic hydroxyl groups is 1. The molecule has 1 aromatic rings. The number of rotatable bonds is 8. The number of esters is 2. The zero-order valence-corrected chi connectivity index (χ0v) is 35.8. The van der Waals surface area contributed by atoms with E-state index in [1.807, 2.05) is 6.92 Å². The van der Waals surface area contributed by atoms with Gasteiger partial charge < -0.3 is 59.4 Å². The largest absolute Gasteiger partial charge is 0.504 e. The Labute approximate surface area is 346 Å². The average molecular weight is 831 g/mol. The van der Waals surface area contributed by atoms with E-state index in [1.165, 1.54) is 31.9 Å². The normalized spacial score (nSPS) is 45.0. The first-order valence-corrected chi connectivity index (χ1v) is 21.3. The molecule has 4 saturated carbocycles. The quantitative estimate of drug-likeness (QED) is 0.145. The summed E-state index contributed by atoms with van der Waals surface area (Å²) in [5.41, 5.74) is -1.78. The van der Waals surface area contributed by atoms with Crippen molar-refractivity contribution in [2.75, 3.05) is 27.4 Å². The number of methoxy groups -OCH3 is 2. The maximum atomic E-state index is 14.6. The van der Waals surface area contributed by atoms with Crippen LogP contribution in [0.5, 0.6) is 17.2 Å². The molecule has 0 amide bonds. The number of carbonyl (C=O) groups is 2. The van der Waals surface area contributed by atoms with Gasteiger partial charge in [-0.05, 0) is 109 Å². The minimum Gasteiger partial charge on any atom is -0.504 e. The Morgan fingerprint density at radius 2 is 1.54 bits per heavy atom. The Hall–Kier alpha value is -2.98. The maximum absolute atomic E-state index is 14.6. The first-order chi connectivity index (χ1) is 27.6. The van der Waals surface area contributed by atoms with Gasteiger partial charge in [0.25, 0.3) is 0 Å². The van der Waals surface area contributed by atoms with Crippen molar-refractivity contribution in [3.05, 3.63) is 29.3 Å². The molecule has 7 rings (SSSR count). The average Bonchev–Trinajstić information content (AvgIpc) is 3.18. The molecule has 330 valence electrons. The molecular weight excluding hydrogens is 764 g/mol. The molecule has 15 atom stereocenters. The van der Waals surface area contributed by atoms with E-state index in [0.717, 1.165) is 19.3 Å². The maximum Gasteiger partial charge on any atom is 0.338 e. The van der Waals surface area contributed by atoms with Crippen molar-refractivity contribution < 1.29 is 69.0 Å².